The average Bonchev–Trinajstić information content (AvgIpc) is 3.74. The summed E-state index contributed by atoms with van der Waals surface area (Å²) in [7, 11) is 0. The van der Waals surface area contributed by atoms with Gasteiger partial charge in [-0.3, -0.25) is 9.59 Å². The number of esters is 4. The molecule has 0 aromatic heterocycles. The zero-order chi connectivity index (χ0) is 29.8. The Kier molecular flexibility index (Phi) is 7.42. The third-order valence-corrected chi connectivity index (χ3v) is 9.69. The van der Waals surface area contributed by atoms with E-state index in [9.17, 15) is 19.2 Å². The molecule has 0 aromatic carbocycles. The number of carbonyl (C=O) groups excluding carboxylic acids is 4. The van der Waals surface area contributed by atoms with E-state index in [1.807, 2.05) is 19.9 Å². The SMILES string of the molecule is C=C1C(=O)O[C@H]2[C@H]1CC/C(COC(=O)CC(=O)O/C1=C/CC[C@@]3(C)O[C@H]3[C@H]3OC(=O)C(=C)[C@@H]3CC1)=C\CC[C@@]1(C)O[C@@H]21. The maximum atomic E-state index is 12.7. The van der Waals surface area contributed by atoms with Crippen LogP contribution in [-0.4, -0.2) is 66.1 Å². The molecule has 2 aliphatic carbocycles. The molecule has 4 aliphatic heterocycles. The van der Waals surface area contributed by atoms with Crippen molar-refractivity contribution in [3.05, 3.63) is 47.8 Å². The molecule has 0 unspecified atom stereocenters. The summed E-state index contributed by atoms with van der Waals surface area (Å²) in [5, 5.41) is 0. The van der Waals surface area contributed by atoms with Gasteiger partial charge in [0.25, 0.3) is 0 Å². The number of epoxide rings is 2. The van der Waals surface area contributed by atoms with Gasteiger partial charge in [-0.15, -0.1) is 0 Å². The van der Waals surface area contributed by atoms with Crippen LogP contribution in [0.5, 0.6) is 0 Å². The average molecular weight is 583 g/mol. The third-order valence-electron chi connectivity index (χ3n) is 9.69. The molecule has 0 radical (unpaired) electrons. The number of rotatable bonds is 5. The van der Waals surface area contributed by atoms with Gasteiger partial charge in [-0.1, -0.05) is 19.2 Å². The molecular weight excluding hydrogens is 544 g/mol. The molecule has 4 saturated heterocycles. The second kappa shape index (κ2) is 10.8. The predicted octanol–water partition coefficient (Wildman–Crippen LogP) is 3.93. The van der Waals surface area contributed by atoms with E-state index in [4.69, 9.17) is 28.4 Å². The quantitative estimate of drug-likeness (QED) is 0.117. The Morgan fingerprint density at radius 3 is 2.00 bits per heavy atom. The number of ether oxygens (including phenoxy) is 6. The predicted molar refractivity (Wildman–Crippen MR) is 146 cm³/mol. The Hall–Kier alpha value is -3.24. The number of hydrogen-bond acceptors (Lipinski definition) is 10. The van der Waals surface area contributed by atoms with Crippen LogP contribution in [0.3, 0.4) is 0 Å². The van der Waals surface area contributed by atoms with Crippen molar-refractivity contribution in [2.45, 2.75) is 107 Å². The van der Waals surface area contributed by atoms with Crippen molar-refractivity contribution < 1.29 is 47.6 Å². The van der Waals surface area contributed by atoms with E-state index in [0.717, 1.165) is 18.4 Å². The van der Waals surface area contributed by atoms with Gasteiger partial charge in [0.1, 0.15) is 43.2 Å². The summed E-state index contributed by atoms with van der Waals surface area (Å²) in [5.41, 5.74) is 1.03. The fourth-order valence-corrected chi connectivity index (χ4v) is 6.90. The van der Waals surface area contributed by atoms with Crippen molar-refractivity contribution in [3.63, 3.8) is 0 Å². The van der Waals surface area contributed by atoms with Crippen LogP contribution in [0.2, 0.25) is 0 Å². The van der Waals surface area contributed by atoms with E-state index in [1.54, 1.807) is 0 Å². The summed E-state index contributed by atoms with van der Waals surface area (Å²) in [6, 6.07) is 0. The Labute approximate surface area is 245 Å². The van der Waals surface area contributed by atoms with Gasteiger partial charge in [0, 0.05) is 29.4 Å². The smallest absolute Gasteiger partial charge is 0.334 e. The van der Waals surface area contributed by atoms with E-state index in [2.05, 4.69) is 19.2 Å². The highest BCUT2D eigenvalue weighted by Crippen LogP contribution is 2.51. The van der Waals surface area contributed by atoms with Crippen LogP contribution in [0.4, 0.5) is 0 Å². The summed E-state index contributed by atoms with van der Waals surface area (Å²) >= 11 is 0. The molecule has 4 fully saturated rings. The van der Waals surface area contributed by atoms with Gasteiger partial charge < -0.3 is 28.4 Å². The van der Waals surface area contributed by atoms with Crippen LogP contribution < -0.4 is 0 Å². The van der Waals surface area contributed by atoms with E-state index in [1.165, 1.54) is 0 Å². The van der Waals surface area contributed by atoms with Gasteiger partial charge in [-0.05, 0) is 70.4 Å². The Morgan fingerprint density at radius 1 is 0.857 bits per heavy atom. The number of hydrogen-bond donors (Lipinski definition) is 0. The second-order valence-electron chi connectivity index (χ2n) is 12.7. The molecule has 226 valence electrons. The summed E-state index contributed by atoms with van der Waals surface area (Å²) in [5.74, 6) is -2.08. The van der Waals surface area contributed by atoms with Crippen LogP contribution in [0.1, 0.15) is 71.6 Å². The molecule has 0 amide bonds. The largest absolute Gasteiger partial charge is 0.461 e. The minimum absolute atomic E-state index is 0.0490. The normalized spacial score (nSPS) is 41.7. The molecule has 10 heteroatoms. The monoisotopic (exact) mass is 582 g/mol. The van der Waals surface area contributed by atoms with Gasteiger partial charge in [0.2, 0.25) is 0 Å². The van der Waals surface area contributed by atoms with E-state index >= 15 is 0 Å². The lowest BCUT2D eigenvalue weighted by Gasteiger charge is -2.20. The van der Waals surface area contributed by atoms with Crippen LogP contribution in [-0.2, 0) is 47.6 Å². The molecule has 10 nitrogen and oxygen atoms in total. The minimum atomic E-state index is -0.699. The van der Waals surface area contributed by atoms with Crippen LogP contribution in [0, 0.1) is 11.8 Å². The number of carbonyl (C=O) groups is 4. The first-order valence-electron chi connectivity index (χ1n) is 14.9. The van der Waals surface area contributed by atoms with Gasteiger partial charge in [0.15, 0.2) is 0 Å². The lowest BCUT2D eigenvalue weighted by Crippen LogP contribution is -2.29. The molecule has 42 heavy (non-hydrogen) atoms. The fraction of sp³-hybridized carbons (Fsp3) is 0.625. The first-order chi connectivity index (χ1) is 20.0. The molecule has 8 atom stereocenters. The Morgan fingerprint density at radius 2 is 1.40 bits per heavy atom. The summed E-state index contributed by atoms with van der Waals surface area (Å²) in [6.45, 7) is 11.9. The highest BCUT2D eigenvalue weighted by molar-refractivity contribution is 5.92. The number of fused-ring (bicyclic) bond motifs is 6. The molecule has 6 aliphatic rings. The van der Waals surface area contributed by atoms with Crippen molar-refractivity contribution >= 4 is 23.9 Å². The zero-order valence-corrected chi connectivity index (χ0v) is 24.2. The summed E-state index contributed by atoms with van der Waals surface area (Å²) in [4.78, 5) is 49.6. The molecule has 0 aromatic rings. The molecule has 4 heterocycles. The number of allylic oxidation sites excluding steroid dienone is 3. The fourth-order valence-electron chi connectivity index (χ4n) is 6.90. The van der Waals surface area contributed by atoms with E-state index in [-0.39, 0.29) is 54.4 Å². The zero-order valence-electron chi connectivity index (χ0n) is 24.2. The molecular formula is C32H38O10. The van der Waals surface area contributed by atoms with Gasteiger partial charge in [-0.2, -0.15) is 0 Å². The van der Waals surface area contributed by atoms with Gasteiger partial charge in [0.05, 0.1) is 11.2 Å². The first-order valence-corrected chi connectivity index (χ1v) is 14.9. The van der Waals surface area contributed by atoms with Crippen molar-refractivity contribution in [1.29, 1.82) is 0 Å². The molecule has 0 bridgehead atoms. The lowest BCUT2D eigenvalue weighted by molar-refractivity contribution is -0.152. The first kappa shape index (κ1) is 28.9. The summed E-state index contributed by atoms with van der Waals surface area (Å²) < 4.78 is 34.0. The molecule has 0 spiro atoms. The van der Waals surface area contributed by atoms with Crippen LogP contribution >= 0.6 is 0 Å². The van der Waals surface area contributed by atoms with Crippen molar-refractivity contribution in [2.75, 3.05) is 6.61 Å². The Balaban J connectivity index is 1.02. The Bertz CT molecular complexity index is 1290. The van der Waals surface area contributed by atoms with Gasteiger partial charge >= 0.3 is 23.9 Å². The minimum Gasteiger partial charge on any atom is -0.461 e. The lowest BCUT2D eigenvalue weighted by atomic mass is 9.84. The van der Waals surface area contributed by atoms with Crippen LogP contribution in [0.15, 0.2) is 47.8 Å². The van der Waals surface area contributed by atoms with E-state index in [0.29, 0.717) is 55.4 Å². The maximum Gasteiger partial charge on any atom is 0.334 e. The van der Waals surface area contributed by atoms with Crippen molar-refractivity contribution in [2.24, 2.45) is 11.8 Å². The summed E-state index contributed by atoms with van der Waals surface area (Å²) in [6.07, 6.45) is 7.32. The van der Waals surface area contributed by atoms with Gasteiger partial charge in [-0.25, -0.2) is 9.59 Å². The van der Waals surface area contributed by atoms with Crippen molar-refractivity contribution in [3.8, 4) is 0 Å². The molecule has 0 N–H and O–H groups in total. The second-order valence-corrected chi connectivity index (χ2v) is 12.7. The van der Waals surface area contributed by atoms with Crippen molar-refractivity contribution in [1.82, 2.24) is 0 Å². The maximum absolute atomic E-state index is 12.7. The highest BCUT2D eigenvalue weighted by Gasteiger charge is 2.62. The topological polar surface area (TPSA) is 130 Å². The van der Waals surface area contributed by atoms with Crippen LogP contribution in [0.25, 0.3) is 0 Å². The highest BCUT2D eigenvalue weighted by atomic mass is 16.7. The standard InChI is InChI=1S/C32H38O10/c1-17-21-11-9-19(7-5-13-31(3)27(41-31)25(21)39-29(17)35)16-37-23(33)15-24(34)38-20-8-6-14-32(4)28(42-32)26-22(12-10-20)18(2)30(36)40-26/h7-8,21-22,25-28H,1-2,5-6,9-16H2,3-4H3/b19-7+,20-8+/t21-,22-,25-,26-,27-,28-,31+,32+/m0/s1. The molecule has 6 rings (SSSR count). The van der Waals surface area contributed by atoms with E-state index < -0.39 is 29.9 Å². The third kappa shape index (κ3) is 5.58. The molecule has 0 saturated carbocycles.